The van der Waals surface area contributed by atoms with Crippen molar-refractivity contribution in [1.82, 2.24) is 5.32 Å². The van der Waals surface area contributed by atoms with Crippen LogP contribution in [0.4, 0.5) is 0 Å². The van der Waals surface area contributed by atoms with Crippen molar-refractivity contribution < 1.29 is 14.4 Å². The summed E-state index contributed by atoms with van der Waals surface area (Å²) in [5.74, 6) is 0.661. The van der Waals surface area contributed by atoms with E-state index >= 15 is 0 Å². The summed E-state index contributed by atoms with van der Waals surface area (Å²) in [7, 11) is 0. The van der Waals surface area contributed by atoms with Gasteiger partial charge in [-0.3, -0.25) is 4.79 Å². The second kappa shape index (κ2) is 4.90. The van der Waals surface area contributed by atoms with Crippen LogP contribution < -0.4 is 11.1 Å². The van der Waals surface area contributed by atoms with Crippen LogP contribution >= 0.6 is 0 Å². The molecule has 1 amide bonds. The Morgan fingerprint density at radius 1 is 1.59 bits per heavy atom. The lowest BCUT2D eigenvalue weighted by Gasteiger charge is -2.22. The lowest BCUT2D eigenvalue weighted by Crippen LogP contribution is -2.42. The molecule has 0 fully saturated rings. The molecule has 0 saturated heterocycles. The zero-order valence-corrected chi connectivity index (χ0v) is 10.2. The second-order valence-corrected chi connectivity index (χ2v) is 4.46. The van der Waals surface area contributed by atoms with E-state index in [1.165, 1.54) is 0 Å². The second-order valence-electron chi connectivity index (χ2n) is 4.46. The van der Waals surface area contributed by atoms with Gasteiger partial charge in [-0.05, 0) is 19.1 Å². The number of amidine groups is 1. The van der Waals surface area contributed by atoms with E-state index in [4.69, 9.17) is 15.4 Å². The van der Waals surface area contributed by atoms with Crippen LogP contribution in [-0.2, 0) is 0 Å². The molecule has 1 aromatic rings. The molecule has 1 aromatic heterocycles. The summed E-state index contributed by atoms with van der Waals surface area (Å²) >= 11 is 0. The van der Waals surface area contributed by atoms with Crippen molar-refractivity contribution in [3.63, 3.8) is 0 Å². The summed E-state index contributed by atoms with van der Waals surface area (Å²) in [4.78, 5) is 11.7. The molecule has 94 valence electrons. The highest BCUT2D eigenvalue weighted by molar-refractivity contribution is 5.92. The Morgan fingerprint density at radius 3 is 2.71 bits per heavy atom. The number of hydrogen-bond donors (Lipinski definition) is 3. The number of aryl methyl sites for hydroxylation is 1. The number of oxime groups is 1. The van der Waals surface area contributed by atoms with Gasteiger partial charge in [0.1, 0.15) is 11.6 Å². The Labute approximate surface area is 99.5 Å². The monoisotopic (exact) mass is 239 g/mol. The van der Waals surface area contributed by atoms with Gasteiger partial charge in [0.2, 0.25) is 0 Å². The highest BCUT2D eigenvalue weighted by atomic mass is 16.4. The molecule has 0 spiro atoms. The molecule has 4 N–H and O–H groups in total. The molecule has 0 radical (unpaired) electrons. The first-order valence-electron chi connectivity index (χ1n) is 5.19. The van der Waals surface area contributed by atoms with Crippen LogP contribution in [0.5, 0.6) is 0 Å². The van der Waals surface area contributed by atoms with Gasteiger partial charge >= 0.3 is 0 Å². The maximum absolute atomic E-state index is 11.7. The van der Waals surface area contributed by atoms with Crippen molar-refractivity contribution in [3.05, 3.63) is 23.7 Å². The van der Waals surface area contributed by atoms with Crippen LogP contribution in [0.3, 0.4) is 0 Å². The largest absolute Gasteiger partial charge is 0.456 e. The van der Waals surface area contributed by atoms with Crippen molar-refractivity contribution in [1.29, 1.82) is 0 Å². The lowest BCUT2D eigenvalue weighted by molar-refractivity contribution is 0.0915. The number of nitrogens with zero attached hydrogens (tertiary/aromatic N) is 1. The van der Waals surface area contributed by atoms with Gasteiger partial charge in [0.15, 0.2) is 5.76 Å². The van der Waals surface area contributed by atoms with Crippen LogP contribution in [0.25, 0.3) is 0 Å². The Hall–Kier alpha value is -1.98. The predicted octanol–water partition coefficient (Wildman–Crippen LogP) is 1.09. The quantitative estimate of drug-likeness (QED) is 0.317. The van der Waals surface area contributed by atoms with Crippen molar-refractivity contribution in [2.45, 2.75) is 20.8 Å². The summed E-state index contributed by atoms with van der Waals surface area (Å²) < 4.78 is 5.17. The molecule has 6 heteroatoms. The third-order valence-electron chi connectivity index (χ3n) is 2.46. The summed E-state index contributed by atoms with van der Waals surface area (Å²) in [5.41, 5.74) is 4.89. The molecule has 0 aromatic carbocycles. The third-order valence-corrected chi connectivity index (χ3v) is 2.46. The number of amides is 1. The SMILES string of the molecule is Cc1ccc(C(=O)NCC(C)(C)/C(N)=N/O)o1. The number of hydrogen-bond acceptors (Lipinski definition) is 4. The Morgan fingerprint density at radius 2 is 2.24 bits per heavy atom. The summed E-state index contributed by atoms with van der Waals surface area (Å²) in [5, 5.41) is 14.2. The first-order valence-corrected chi connectivity index (χ1v) is 5.19. The van der Waals surface area contributed by atoms with Gasteiger partial charge in [-0.2, -0.15) is 0 Å². The topological polar surface area (TPSA) is 101 Å². The lowest BCUT2D eigenvalue weighted by atomic mass is 9.92. The van der Waals surface area contributed by atoms with Crippen molar-refractivity contribution in [2.24, 2.45) is 16.3 Å². The molecule has 1 heterocycles. The fourth-order valence-corrected chi connectivity index (χ4v) is 1.17. The van der Waals surface area contributed by atoms with Crippen molar-refractivity contribution in [3.8, 4) is 0 Å². The van der Waals surface area contributed by atoms with Gasteiger partial charge in [0.05, 0.1) is 0 Å². The maximum atomic E-state index is 11.7. The van der Waals surface area contributed by atoms with Gasteiger partial charge in [0, 0.05) is 12.0 Å². The molecule has 0 aliphatic rings. The number of nitrogens with one attached hydrogen (secondary N) is 1. The fourth-order valence-electron chi connectivity index (χ4n) is 1.17. The average molecular weight is 239 g/mol. The average Bonchev–Trinajstić information content (AvgIpc) is 2.71. The Bertz CT molecular complexity index is 435. The molecular formula is C11H17N3O3. The Kier molecular flexibility index (Phi) is 3.77. The van der Waals surface area contributed by atoms with Crippen LogP contribution in [0.15, 0.2) is 21.7 Å². The smallest absolute Gasteiger partial charge is 0.287 e. The molecule has 17 heavy (non-hydrogen) atoms. The zero-order valence-electron chi connectivity index (χ0n) is 10.2. The van der Waals surface area contributed by atoms with Gasteiger partial charge < -0.3 is 20.7 Å². The van der Waals surface area contributed by atoms with E-state index in [0.29, 0.717) is 5.76 Å². The predicted molar refractivity (Wildman–Crippen MR) is 63.0 cm³/mol. The molecular weight excluding hydrogens is 222 g/mol. The van der Waals surface area contributed by atoms with E-state index in [-0.39, 0.29) is 24.0 Å². The van der Waals surface area contributed by atoms with E-state index in [1.54, 1.807) is 32.9 Å². The first kappa shape index (κ1) is 13.1. The van der Waals surface area contributed by atoms with E-state index in [0.717, 1.165) is 0 Å². The van der Waals surface area contributed by atoms with E-state index in [9.17, 15) is 4.79 Å². The molecule has 0 aliphatic carbocycles. The summed E-state index contributed by atoms with van der Waals surface area (Å²) in [6, 6.07) is 3.31. The van der Waals surface area contributed by atoms with Crippen molar-refractivity contribution >= 4 is 11.7 Å². The molecule has 0 atom stereocenters. The highest BCUT2D eigenvalue weighted by Crippen LogP contribution is 2.14. The zero-order chi connectivity index (χ0) is 13.1. The van der Waals surface area contributed by atoms with Gasteiger partial charge in [-0.25, -0.2) is 0 Å². The van der Waals surface area contributed by atoms with Crippen LogP contribution in [0.2, 0.25) is 0 Å². The van der Waals surface area contributed by atoms with Gasteiger partial charge in [-0.15, -0.1) is 0 Å². The minimum Gasteiger partial charge on any atom is -0.456 e. The minimum absolute atomic E-state index is 0.0634. The maximum Gasteiger partial charge on any atom is 0.287 e. The van der Waals surface area contributed by atoms with Crippen LogP contribution in [0, 0.1) is 12.3 Å². The molecule has 0 aliphatic heterocycles. The Balaban J connectivity index is 2.60. The third kappa shape index (κ3) is 3.24. The van der Waals surface area contributed by atoms with Crippen LogP contribution in [-0.4, -0.2) is 23.5 Å². The minimum atomic E-state index is -0.619. The van der Waals surface area contributed by atoms with Gasteiger partial charge in [-0.1, -0.05) is 19.0 Å². The number of carbonyl (C=O) groups excluding carboxylic acids is 1. The number of carbonyl (C=O) groups is 1. The number of furan rings is 1. The van der Waals surface area contributed by atoms with Crippen molar-refractivity contribution in [2.75, 3.05) is 6.54 Å². The normalized spacial score (nSPS) is 12.5. The highest BCUT2D eigenvalue weighted by Gasteiger charge is 2.25. The molecule has 1 rings (SSSR count). The van der Waals surface area contributed by atoms with Gasteiger partial charge in [0.25, 0.3) is 5.91 Å². The summed E-state index contributed by atoms with van der Waals surface area (Å²) in [6.45, 7) is 5.53. The molecule has 0 unspecified atom stereocenters. The van der Waals surface area contributed by atoms with E-state index in [1.807, 2.05) is 0 Å². The fraction of sp³-hybridized carbons (Fsp3) is 0.455. The van der Waals surface area contributed by atoms with E-state index in [2.05, 4.69) is 10.5 Å². The summed E-state index contributed by atoms with van der Waals surface area (Å²) in [6.07, 6.45) is 0. The molecule has 0 saturated carbocycles. The first-order chi connectivity index (χ1) is 7.86. The van der Waals surface area contributed by atoms with E-state index < -0.39 is 5.41 Å². The molecule has 6 nitrogen and oxygen atoms in total. The number of rotatable bonds is 4. The molecule has 0 bridgehead atoms. The number of nitrogens with two attached hydrogens (primary N) is 1. The van der Waals surface area contributed by atoms with Crippen LogP contribution in [0.1, 0.15) is 30.2 Å². The standard InChI is InChI=1S/C11H17N3O3/c1-7-4-5-8(17-7)9(15)13-6-11(2,3)10(12)14-16/h4-5,16H,6H2,1-3H3,(H2,12,14)(H,13,15).